The third-order valence-corrected chi connectivity index (χ3v) is 2.15. The van der Waals surface area contributed by atoms with Crippen LogP contribution in [0, 0.1) is 0 Å². The summed E-state index contributed by atoms with van der Waals surface area (Å²) in [5.74, 6) is 1.11. The molecule has 0 radical (unpaired) electrons. The third-order valence-electron chi connectivity index (χ3n) is 2.15. The van der Waals surface area contributed by atoms with Crippen molar-refractivity contribution in [3.8, 4) is 11.5 Å². The van der Waals surface area contributed by atoms with Gasteiger partial charge in [0.25, 0.3) is 5.91 Å². The molecule has 4 nitrogen and oxygen atoms in total. The van der Waals surface area contributed by atoms with E-state index in [1.165, 1.54) is 0 Å². The first kappa shape index (κ1) is 12.4. The predicted octanol–water partition coefficient (Wildman–Crippen LogP) is 1.84. The second kappa shape index (κ2) is 6.00. The maximum absolute atomic E-state index is 11.7. The topological polar surface area (TPSA) is 47.6 Å². The van der Waals surface area contributed by atoms with Crippen LogP contribution in [0.3, 0.4) is 0 Å². The molecule has 1 amide bonds. The summed E-state index contributed by atoms with van der Waals surface area (Å²) in [4.78, 5) is 11.7. The number of methoxy groups -OCH3 is 2. The van der Waals surface area contributed by atoms with E-state index in [9.17, 15) is 4.79 Å². The Morgan fingerprint density at radius 2 is 1.75 bits per heavy atom. The molecule has 1 aromatic carbocycles. The molecule has 0 atom stereocenters. The molecule has 1 N–H and O–H groups in total. The quantitative estimate of drug-likeness (QED) is 0.828. The number of rotatable bonds is 5. The van der Waals surface area contributed by atoms with E-state index in [0.29, 0.717) is 23.6 Å². The fraction of sp³-hybridized carbons (Fsp3) is 0.417. The number of hydrogen-bond donors (Lipinski definition) is 1. The smallest absolute Gasteiger partial charge is 0.251 e. The van der Waals surface area contributed by atoms with Gasteiger partial charge in [0.2, 0.25) is 0 Å². The van der Waals surface area contributed by atoms with Gasteiger partial charge in [0, 0.05) is 18.2 Å². The van der Waals surface area contributed by atoms with Gasteiger partial charge in [-0.15, -0.1) is 0 Å². The molecule has 16 heavy (non-hydrogen) atoms. The van der Waals surface area contributed by atoms with Crippen molar-refractivity contribution in [2.75, 3.05) is 20.8 Å². The summed E-state index contributed by atoms with van der Waals surface area (Å²) < 4.78 is 10.2. The lowest BCUT2D eigenvalue weighted by molar-refractivity contribution is 0.0953. The number of benzene rings is 1. The maximum Gasteiger partial charge on any atom is 0.251 e. The van der Waals surface area contributed by atoms with Gasteiger partial charge in [-0.25, -0.2) is 0 Å². The van der Waals surface area contributed by atoms with Crippen LogP contribution in [0.25, 0.3) is 0 Å². The first-order chi connectivity index (χ1) is 7.71. The van der Waals surface area contributed by atoms with Gasteiger partial charge >= 0.3 is 0 Å². The monoisotopic (exact) mass is 223 g/mol. The van der Waals surface area contributed by atoms with E-state index < -0.39 is 0 Å². The molecule has 0 aromatic heterocycles. The largest absolute Gasteiger partial charge is 0.497 e. The summed E-state index contributed by atoms with van der Waals surface area (Å²) in [5, 5.41) is 2.80. The summed E-state index contributed by atoms with van der Waals surface area (Å²) in [6.07, 6.45) is 0.910. The number of carbonyl (C=O) groups excluding carboxylic acids is 1. The lowest BCUT2D eigenvalue weighted by Crippen LogP contribution is -2.23. The summed E-state index contributed by atoms with van der Waals surface area (Å²) in [6.45, 7) is 2.67. The van der Waals surface area contributed by atoms with Crippen molar-refractivity contribution in [3.05, 3.63) is 23.8 Å². The van der Waals surface area contributed by atoms with Crippen molar-refractivity contribution >= 4 is 5.91 Å². The van der Waals surface area contributed by atoms with Crippen molar-refractivity contribution < 1.29 is 14.3 Å². The van der Waals surface area contributed by atoms with Crippen molar-refractivity contribution in [1.29, 1.82) is 0 Å². The van der Waals surface area contributed by atoms with Crippen LogP contribution in [0.4, 0.5) is 0 Å². The van der Waals surface area contributed by atoms with E-state index in [4.69, 9.17) is 9.47 Å². The minimum Gasteiger partial charge on any atom is -0.497 e. The average molecular weight is 223 g/mol. The molecule has 0 spiro atoms. The first-order valence-corrected chi connectivity index (χ1v) is 5.22. The molecule has 4 heteroatoms. The molecule has 0 saturated heterocycles. The number of hydrogen-bond acceptors (Lipinski definition) is 3. The zero-order valence-electron chi connectivity index (χ0n) is 9.87. The Bertz CT molecular complexity index is 341. The van der Waals surface area contributed by atoms with Crippen LogP contribution in [-0.4, -0.2) is 26.7 Å². The molecule has 0 bridgehead atoms. The zero-order valence-corrected chi connectivity index (χ0v) is 9.87. The van der Waals surface area contributed by atoms with Crippen molar-refractivity contribution in [1.82, 2.24) is 5.32 Å². The van der Waals surface area contributed by atoms with Crippen molar-refractivity contribution in [2.45, 2.75) is 13.3 Å². The highest BCUT2D eigenvalue weighted by molar-refractivity contribution is 5.95. The molecule has 0 fully saturated rings. The number of amides is 1. The molecule has 0 aliphatic rings. The number of nitrogens with one attached hydrogen (secondary N) is 1. The lowest BCUT2D eigenvalue weighted by Gasteiger charge is -2.08. The highest BCUT2D eigenvalue weighted by atomic mass is 16.5. The number of ether oxygens (including phenoxy) is 2. The molecular formula is C12H17NO3. The fourth-order valence-electron chi connectivity index (χ4n) is 1.28. The van der Waals surface area contributed by atoms with Gasteiger partial charge in [0.15, 0.2) is 0 Å². The molecule has 0 aliphatic heterocycles. The van der Waals surface area contributed by atoms with Crippen LogP contribution < -0.4 is 14.8 Å². The van der Waals surface area contributed by atoms with Crippen LogP contribution in [0.15, 0.2) is 18.2 Å². The number of carbonyl (C=O) groups is 1. The molecule has 0 unspecified atom stereocenters. The molecule has 1 rings (SSSR count). The van der Waals surface area contributed by atoms with E-state index in [2.05, 4.69) is 5.32 Å². The Balaban J connectivity index is 2.89. The Labute approximate surface area is 95.6 Å². The normalized spacial score (nSPS) is 9.69. The fourth-order valence-corrected chi connectivity index (χ4v) is 1.28. The van der Waals surface area contributed by atoms with Crippen LogP contribution in [0.2, 0.25) is 0 Å². The second-order valence-corrected chi connectivity index (χ2v) is 3.36. The summed E-state index contributed by atoms with van der Waals surface area (Å²) in [6, 6.07) is 5.11. The lowest BCUT2D eigenvalue weighted by atomic mass is 10.2. The first-order valence-electron chi connectivity index (χ1n) is 5.22. The van der Waals surface area contributed by atoms with E-state index in [-0.39, 0.29) is 5.91 Å². The molecule has 88 valence electrons. The Hall–Kier alpha value is -1.71. The summed E-state index contributed by atoms with van der Waals surface area (Å²) in [5.41, 5.74) is 0.546. The van der Waals surface area contributed by atoms with Gasteiger partial charge < -0.3 is 14.8 Å². The van der Waals surface area contributed by atoms with Gasteiger partial charge in [0.1, 0.15) is 11.5 Å². The average Bonchev–Trinajstić information content (AvgIpc) is 2.35. The minimum absolute atomic E-state index is 0.112. The second-order valence-electron chi connectivity index (χ2n) is 3.36. The standard InChI is InChI=1S/C12H17NO3/c1-4-5-13-12(14)9-6-10(15-2)8-11(7-9)16-3/h6-8H,4-5H2,1-3H3,(H,13,14). The zero-order chi connectivity index (χ0) is 12.0. The summed E-state index contributed by atoms with van der Waals surface area (Å²) in [7, 11) is 3.12. The van der Waals surface area contributed by atoms with Crippen LogP contribution >= 0.6 is 0 Å². The van der Waals surface area contributed by atoms with Gasteiger partial charge in [-0.2, -0.15) is 0 Å². The third kappa shape index (κ3) is 3.15. The molecule has 0 aliphatic carbocycles. The van der Waals surface area contributed by atoms with Crippen molar-refractivity contribution in [3.63, 3.8) is 0 Å². The Kier molecular flexibility index (Phi) is 4.64. The van der Waals surface area contributed by atoms with Crippen LogP contribution in [0.1, 0.15) is 23.7 Å². The van der Waals surface area contributed by atoms with Crippen LogP contribution in [-0.2, 0) is 0 Å². The Morgan fingerprint density at radius 3 is 2.19 bits per heavy atom. The summed E-state index contributed by atoms with van der Waals surface area (Å²) >= 11 is 0. The van der Waals surface area contributed by atoms with Gasteiger partial charge in [0.05, 0.1) is 14.2 Å². The van der Waals surface area contributed by atoms with E-state index >= 15 is 0 Å². The van der Waals surface area contributed by atoms with Crippen LogP contribution in [0.5, 0.6) is 11.5 Å². The SMILES string of the molecule is CCCNC(=O)c1cc(OC)cc(OC)c1. The van der Waals surface area contributed by atoms with E-state index in [0.717, 1.165) is 6.42 Å². The highest BCUT2D eigenvalue weighted by Crippen LogP contribution is 2.22. The molecule has 1 aromatic rings. The Morgan fingerprint density at radius 1 is 1.19 bits per heavy atom. The molecule has 0 heterocycles. The van der Waals surface area contributed by atoms with Gasteiger partial charge in [-0.1, -0.05) is 6.92 Å². The highest BCUT2D eigenvalue weighted by Gasteiger charge is 2.08. The predicted molar refractivity (Wildman–Crippen MR) is 62.2 cm³/mol. The van der Waals surface area contributed by atoms with E-state index in [1.54, 1.807) is 32.4 Å². The van der Waals surface area contributed by atoms with E-state index in [1.807, 2.05) is 6.92 Å². The molecule has 0 saturated carbocycles. The van der Waals surface area contributed by atoms with Gasteiger partial charge in [-0.05, 0) is 18.6 Å². The maximum atomic E-state index is 11.7. The van der Waals surface area contributed by atoms with Crippen molar-refractivity contribution in [2.24, 2.45) is 0 Å². The van der Waals surface area contributed by atoms with Gasteiger partial charge in [-0.3, -0.25) is 4.79 Å². The minimum atomic E-state index is -0.112. The molecular weight excluding hydrogens is 206 g/mol.